The first-order valence-corrected chi connectivity index (χ1v) is 6.34. The lowest BCUT2D eigenvalue weighted by Crippen LogP contribution is -2.44. The molecule has 4 nitrogen and oxygen atoms in total. The fraction of sp³-hybridized carbons (Fsp3) is 0.500. The molecule has 1 amide bonds. The van der Waals surface area contributed by atoms with Crippen LogP contribution in [-0.4, -0.2) is 36.6 Å². The van der Waals surface area contributed by atoms with E-state index in [0.717, 1.165) is 11.1 Å². The van der Waals surface area contributed by atoms with E-state index in [9.17, 15) is 4.79 Å². The molecule has 0 radical (unpaired) electrons. The van der Waals surface area contributed by atoms with Crippen molar-refractivity contribution in [2.75, 3.05) is 19.7 Å². The third kappa shape index (κ3) is 2.13. The zero-order valence-corrected chi connectivity index (χ0v) is 10.5. The van der Waals surface area contributed by atoms with Gasteiger partial charge in [-0.2, -0.15) is 0 Å². The van der Waals surface area contributed by atoms with E-state index in [2.05, 4.69) is 0 Å². The molecule has 1 atom stereocenters. The molecule has 0 unspecified atom stereocenters. The second-order valence-electron chi connectivity index (χ2n) is 4.91. The number of hydrogen-bond acceptors (Lipinski definition) is 3. The second-order valence-corrected chi connectivity index (χ2v) is 4.91. The maximum absolute atomic E-state index is 12.4. The van der Waals surface area contributed by atoms with Crippen molar-refractivity contribution < 1.29 is 14.3 Å². The highest BCUT2D eigenvalue weighted by atomic mass is 16.5. The van der Waals surface area contributed by atoms with E-state index in [-0.39, 0.29) is 12.0 Å². The van der Waals surface area contributed by atoms with Gasteiger partial charge in [-0.15, -0.1) is 0 Å². The van der Waals surface area contributed by atoms with Gasteiger partial charge in [0.2, 0.25) is 0 Å². The van der Waals surface area contributed by atoms with Crippen molar-refractivity contribution in [3.8, 4) is 0 Å². The fourth-order valence-electron chi connectivity index (χ4n) is 2.49. The van der Waals surface area contributed by atoms with E-state index in [1.54, 1.807) is 0 Å². The maximum atomic E-state index is 12.4. The molecule has 18 heavy (non-hydrogen) atoms. The Kier molecular flexibility index (Phi) is 3.06. The van der Waals surface area contributed by atoms with Gasteiger partial charge in [0.15, 0.2) is 0 Å². The summed E-state index contributed by atoms with van der Waals surface area (Å²) in [5.41, 5.74) is 3.09. The highest BCUT2D eigenvalue weighted by Gasteiger charge is 2.23. The van der Waals surface area contributed by atoms with Crippen LogP contribution >= 0.6 is 0 Å². The van der Waals surface area contributed by atoms with Crippen molar-refractivity contribution in [2.24, 2.45) is 0 Å². The van der Waals surface area contributed by atoms with E-state index in [0.29, 0.717) is 32.9 Å². The zero-order chi connectivity index (χ0) is 12.5. The number of benzene rings is 1. The van der Waals surface area contributed by atoms with Crippen LogP contribution in [0, 0.1) is 0 Å². The van der Waals surface area contributed by atoms with Crippen LogP contribution < -0.4 is 0 Å². The zero-order valence-electron chi connectivity index (χ0n) is 10.5. The van der Waals surface area contributed by atoms with Crippen molar-refractivity contribution in [1.82, 2.24) is 4.90 Å². The van der Waals surface area contributed by atoms with Crippen LogP contribution in [0.1, 0.15) is 28.4 Å². The van der Waals surface area contributed by atoms with Crippen LogP contribution in [0.4, 0.5) is 0 Å². The number of carbonyl (C=O) groups is 1. The Balaban J connectivity index is 1.79. The van der Waals surface area contributed by atoms with Crippen molar-refractivity contribution in [1.29, 1.82) is 0 Å². The molecular weight excluding hydrogens is 230 g/mol. The summed E-state index contributed by atoms with van der Waals surface area (Å²) >= 11 is 0. The first-order chi connectivity index (χ1) is 8.74. The number of carbonyl (C=O) groups excluding carboxylic acids is 1. The molecule has 96 valence electrons. The van der Waals surface area contributed by atoms with Crippen LogP contribution in [0.3, 0.4) is 0 Å². The molecular formula is C14H17NO3. The first-order valence-electron chi connectivity index (χ1n) is 6.34. The van der Waals surface area contributed by atoms with Crippen LogP contribution in [0.15, 0.2) is 18.2 Å². The predicted octanol–water partition coefficient (Wildman–Crippen LogP) is 1.58. The summed E-state index contributed by atoms with van der Waals surface area (Å²) in [6, 6.07) is 5.86. The highest BCUT2D eigenvalue weighted by Crippen LogP contribution is 2.22. The average Bonchev–Trinajstić information content (AvgIpc) is 2.85. The molecule has 1 saturated heterocycles. The lowest BCUT2D eigenvalue weighted by atomic mass is 10.1. The Morgan fingerprint density at radius 1 is 1.33 bits per heavy atom. The molecule has 0 N–H and O–H groups in total. The quantitative estimate of drug-likeness (QED) is 0.756. The molecule has 0 aromatic heterocycles. The average molecular weight is 247 g/mol. The minimum atomic E-state index is 0.0971. The van der Waals surface area contributed by atoms with Gasteiger partial charge in [0.1, 0.15) is 0 Å². The van der Waals surface area contributed by atoms with E-state index in [1.165, 1.54) is 5.56 Å². The van der Waals surface area contributed by atoms with Crippen LogP contribution in [0.25, 0.3) is 0 Å². The summed E-state index contributed by atoms with van der Waals surface area (Å²) in [5.74, 6) is 0.0971. The molecule has 2 aliphatic rings. The molecule has 2 heterocycles. The summed E-state index contributed by atoms with van der Waals surface area (Å²) in [4.78, 5) is 14.2. The molecule has 1 aromatic rings. The minimum absolute atomic E-state index is 0.0971. The molecule has 4 heteroatoms. The Bertz CT molecular complexity index is 472. The van der Waals surface area contributed by atoms with Crippen molar-refractivity contribution in [3.63, 3.8) is 0 Å². The van der Waals surface area contributed by atoms with Gasteiger partial charge < -0.3 is 14.4 Å². The standard InChI is InChI=1S/C14H17NO3/c1-10-7-15(4-5-18-10)14(16)11-2-3-12-8-17-9-13(12)6-11/h2-3,6,10H,4-5,7-9H2,1H3/t10-/m1/s1. The monoisotopic (exact) mass is 247 g/mol. The highest BCUT2D eigenvalue weighted by molar-refractivity contribution is 5.94. The normalized spacial score (nSPS) is 22.9. The number of rotatable bonds is 1. The second kappa shape index (κ2) is 4.71. The Morgan fingerprint density at radius 3 is 3.00 bits per heavy atom. The largest absolute Gasteiger partial charge is 0.375 e. The lowest BCUT2D eigenvalue weighted by Gasteiger charge is -2.31. The summed E-state index contributed by atoms with van der Waals surface area (Å²) in [7, 11) is 0. The third-order valence-corrected chi connectivity index (χ3v) is 3.50. The molecule has 0 spiro atoms. The van der Waals surface area contributed by atoms with Crippen LogP contribution in [0.5, 0.6) is 0 Å². The minimum Gasteiger partial charge on any atom is -0.375 e. The molecule has 1 aromatic carbocycles. The van der Waals surface area contributed by atoms with E-state index in [1.807, 2.05) is 30.0 Å². The summed E-state index contributed by atoms with van der Waals surface area (Å²) < 4.78 is 10.8. The Hall–Kier alpha value is -1.39. The number of ether oxygens (including phenoxy) is 2. The molecule has 2 aliphatic heterocycles. The molecule has 0 saturated carbocycles. The number of fused-ring (bicyclic) bond motifs is 1. The number of nitrogens with zero attached hydrogens (tertiary/aromatic N) is 1. The van der Waals surface area contributed by atoms with Crippen molar-refractivity contribution >= 4 is 5.91 Å². The lowest BCUT2D eigenvalue weighted by molar-refractivity contribution is -0.0124. The number of morpholine rings is 1. The van der Waals surface area contributed by atoms with E-state index >= 15 is 0 Å². The van der Waals surface area contributed by atoms with Crippen molar-refractivity contribution in [2.45, 2.75) is 26.2 Å². The predicted molar refractivity (Wildman–Crippen MR) is 66.3 cm³/mol. The summed E-state index contributed by atoms with van der Waals surface area (Å²) in [6.45, 7) is 5.26. The van der Waals surface area contributed by atoms with Gasteiger partial charge in [-0.1, -0.05) is 6.07 Å². The number of amides is 1. The number of hydrogen-bond donors (Lipinski definition) is 0. The van der Waals surface area contributed by atoms with Gasteiger partial charge in [0.25, 0.3) is 5.91 Å². The van der Waals surface area contributed by atoms with Gasteiger partial charge in [0.05, 0.1) is 25.9 Å². The van der Waals surface area contributed by atoms with E-state index < -0.39 is 0 Å². The van der Waals surface area contributed by atoms with Gasteiger partial charge in [-0.3, -0.25) is 4.79 Å². The molecule has 3 rings (SSSR count). The smallest absolute Gasteiger partial charge is 0.254 e. The van der Waals surface area contributed by atoms with Gasteiger partial charge in [0, 0.05) is 18.7 Å². The van der Waals surface area contributed by atoms with Crippen LogP contribution in [0.2, 0.25) is 0 Å². The summed E-state index contributed by atoms with van der Waals surface area (Å²) in [5, 5.41) is 0. The molecule has 1 fully saturated rings. The molecule has 0 aliphatic carbocycles. The van der Waals surface area contributed by atoms with Gasteiger partial charge in [-0.25, -0.2) is 0 Å². The third-order valence-electron chi connectivity index (χ3n) is 3.50. The van der Waals surface area contributed by atoms with Crippen molar-refractivity contribution in [3.05, 3.63) is 34.9 Å². The topological polar surface area (TPSA) is 38.8 Å². The van der Waals surface area contributed by atoms with Gasteiger partial charge >= 0.3 is 0 Å². The summed E-state index contributed by atoms with van der Waals surface area (Å²) in [6.07, 6.45) is 0.125. The SMILES string of the molecule is C[C@@H]1CN(C(=O)c2ccc3c(c2)COC3)CCO1. The van der Waals surface area contributed by atoms with Crippen LogP contribution in [-0.2, 0) is 22.7 Å². The maximum Gasteiger partial charge on any atom is 0.254 e. The first kappa shape index (κ1) is 11.7. The Morgan fingerprint density at radius 2 is 2.17 bits per heavy atom. The van der Waals surface area contributed by atoms with E-state index in [4.69, 9.17) is 9.47 Å². The van der Waals surface area contributed by atoms with Gasteiger partial charge in [-0.05, 0) is 30.2 Å². The molecule has 0 bridgehead atoms. The Labute approximate surface area is 106 Å². The fourth-order valence-corrected chi connectivity index (χ4v) is 2.49.